The van der Waals surface area contributed by atoms with Crippen LogP contribution in [0.1, 0.15) is 181 Å². The molecule has 0 aliphatic heterocycles. The zero-order chi connectivity index (χ0) is 44.9. The van der Waals surface area contributed by atoms with Crippen molar-refractivity contribution in [1.29, 1.82) is 0 Å². The number of quaternary nitrogens is 1. The maximum Gasteiger partial charge on any atom is 0.362 e. The van der Waals surface area contributed by atoms with E-state index in [1.54, 1.807) is 0 Å². The van der Waals surface area contributed by atoms with Crippen LogP contribution >= 0.6 is 0 Å². The summed E-state index contributed by atoms with van der Waals surface area (Å²) in [7, 11) is 5.50. The third-order valence-electron chi connectivity index (χ3n) is 10.3. The number of ether oxygens (including phenoxy) is 3. The largest absolute Gasteiger partial charge is 0.477 e. The molecule has 1 N–H and O–H groups in total. The highest BCUT2D eigenvalue weighted by Crippen LogP contribution is 2.13. The van der Waals surface area contributed by atoms with Crippen LogP contribution < -0.4 is 0 Å². The minimum absolute atomic E-state index is 0.0239. The number of hydrogen-bond acceptors (Lipinski definition) is 6. The molecule has 0 heterocycles. The van der Waals surface area contributed by atoms with Gasteiger partial charge in [0, 0.05) is 19.3 Å². The molecule has 0 bridgehead atoms. The number of hydrogen-bond donors (Lipinski definition) is 1. The van der Waals surface area contributed by atoms with Gasteiger partial charge in [0.15, 0.2) is 12.1 Å². The molecule has 0 aromatic rings. The summed E-state index contributed by atoms with van der Waals surface area (Å²) in [4.78, 5) is 37.0. The standard InChI is InChI=1S/C53H89NO7/c1-6-8-10-12-14-16-18-20-22-24-26-28-30-32-34-36-38-40-42-44-52(56)61-49(47-59-46-45-50(53(57)58)54(3,4)5)48-60-51(55)43-41-39-37-35-33-31-29-27-25-23-21-19-17-15-13-11-9-7-2/h8,10,14,16,20,22,26-29,32,34,38,40,49-50H,6-7,9,11-13,15,17-19,21,23-25,30-31,33,35-37,39,41-48H2,1-5H3/p+1/b10-8+,16-14+,22-20+,28-26+,29-27+,34-32+,40-38+. The minimum Gasteiger partial charge on any atom is -0.477 e. The van der Waals surface area contributed by atoms with Crippen molar-refractivity contribution in [2.45, 2.75) is 193 Å². The molecule has 0 aromatic carbocycles. The molecule has 0 radical (unpaired) electrons. The number of carbonyl (C=O) groups excluding carboxylic acids is 2. The molecule has 61 heavy (non-hydrogen) atoms. The van der Waals surface area contributed by atoms with Crippen molar-refractivity contribution in [3.8, 4) is 0 Å². The smallest absolute Gasteiger partial charge is 0.362 e. The lowest BCUT2D eigenvalue weighted by Gasteiger charge is -2.31. The van der Waals surface area contributed by atoms with Crippen LogP contribution in [0.2, 0.25) is 0 Å². The van der Waals surface area contributed by atoms with E-state index in [0.717, 1.165) is 70.6 Å². The first-order chi connectivity index (χ1) is 29.6. The highest BCUT2D eigenvalue weighted by molar-refractivity contribution is 5.72. The molecule has 0 saturated heterocycles. The van der Waals surface area contributed by atoms with Crippen molar-refractivity contribution in [2.75, 3.05) is 41.0 Å². The zero-order valence-electron chi connectivity index (χ0n) is 39.6. The monoisotopic (exact) mass is 853 g/mol. The number of esters is 2. The molecule has 348 valence electrons. The number of carboxylic acids is 1. The van der Waals surface area contributed by atoms with E-state index in [9.17, 15) is 19.5 Å². The number of rotatable bonds is 42. The average molecular weight is 853 g/mol. The van der Waals surface area contributed by atoms with Gasteiger partial charge in [0.05, 0.1) is 34.4 Å². The summed E-state index contributed by atoms with van der Waals surface area (Å²) in [6.45, 7) is 4.53. The molecule has 0 aromatic heterocycles. The molecule has 0 saturated carbocycles. The van der Waals surface area contributed by atoms with Gasteiger partial charge in [-0.05, 0) is 77.0 Å². The molecule has 8 heteroatoms. The first-order valence-electron chi connectivity index (χ1n) is 24.1. The average Bonchev–Trinajstić information content (AvgIpc) is 3.22. The Bertz CT molecular complexity index is 1270. The summed E-state index contributed by atoms with van der Waals surface area (Å²) in [6, 6.07) is -0.633. The van der Waals surface area contributed by atoms with Gasteiger partial charge < -0.3 is 23.8 Å². The van der Waals surface area contributed by atoms with Crippen LogP contribution in [0.3, 0.4) is 0 Å². The predicted molar refractivity (Wildman–Crippen MR) is 256 cm³/mol. The fourth-order valence-corrected chi connectivity index (χ4v) is 6.58. The summed E-state index contributed by atoms with van der Waals surface area (Å²) in [5.74, 6) is -1.59. The topological polar surface area (TPSA) is 99.1 Å². The maximum atomic E-state index is 12.7. The van der Waals surface area contributed by atoms with Crippen LogP contribution in [-0.2, 0) is 28.6 Å². The summed E-state index contributed by atoms with van der Waals surface area (Å²) in [6.07, 6.45) is 56.5. The van der Waals surface area contributed by atoms with E-state index in [2.05, 4.69) is 86.8 Å². The van der Waals surface area contributed by atoms with Gasteiger partial charge in [0.2, 0.25) is 0 Å². The van der Waals surface area contributed by atoms with Crippen molar-refractivity contribution in [2.24, 2.45) is 0 Å². The van der Waals surface area contributed by atoms with Gasteiger partial charge in [-0.25, -0.2) is 4.79 Å². The molecule has 0 spiro atoms. The zero-order valence-corrected chi connectivity index (χ0v) is 39.6. The lowest BCUT2D eigenvalue weighted by molar-refractivity contribution is -0.887. The predicted octanol–water partition coefficient (Wildman–Crippen LogP) is 13.7. The maximum absolute atomic E-state index is 12.7. The molecule has 2 atom stereocenters. The van der Waals surface area contributed by atoms with E-state index in [-0.39, 0.29) is 36.7 Å². The van der Waals surface area contributed by atoms with Crippen LogP contribution in [0.5, 0.6) is 0 Å². The van der Waals surface area contributed by atoms with Gasteiger partial charge in [-0.2, -0.15) is 0 Å². The van der Waals surface area contributed by atoms with Crippen LogP contribution in [0.25, 0.3) is 0 Å². The summed E-state index contributed by atoms with van der Waals surface area (Å²) in [5.41, 5.74) is 0. The van der Waals surface area contributed by atoms with Crippen molar-refractivity contribution in [3.05, 3.63) is 85.1 Å². The van der Waals surface area contributed by atoms with Gasteiger partial charge in [0.25, 0.3) is 0 Å². The number of nitrogens with zero attached hydrogens (tertiary/aromatic N) is 1. The Morgan fingerprint density at radius 2 is 0.951 bits per heavy atom. The normalized spacial score (nSPS) is 13.7. The van der Waals surface area contributed by atoms with Gasteiger partial charge in [-0.15, -0.1) is 0 Å². The van der Waals surface area contributed by atoms with E-state index >= 15 is 0 Å². The van der Waals surface area contributed by atoms with Gasteiger partial charge >= 0.3 is 17.9 Å². The Morgan fingerprint density at radius 3 is 1.43 bits per heavy atom. The number of unbranched alkanes of at least 4 members (excludes halogenated alkanes) is 14. The second-order valence-electron chi connectivity index (χ2n) is 17.0. The Balaban J connectivity index is 4.44. The fraction of sp³-hybridized carbons (Fsp3) is 0.679. The fourth-order valence-electron chi connectivity index (χ4n) is 6.58. The number of likely N-dealkylation sites (N-methyl/N-ethyl adjacent to an activating group) is 1. The number of carbonyl (C=O) groups is 3. The first-order valence-corrected chi connectivity index (χ1v) is 24.1. The molecular formula is C53H90NO7+. The van der Waals surface area contributed by atoms with Crippen molar-refractivity contribution < 1.29 is 38.2 Å². The summed E-state index contributed by atoms with van der Waals surface area (Å²) in [5, 5.41) is 9.64. The van der Waals surface area contributed by atoms with Gasteiger partial charge in [-0.1, -0.05) is 170 Å². The van der Waals surface area contributed by atoms with E-state index < -0.39 is 24.1 Å². The lowest BCUT2D eigenvalue weighted by atomic mass is 10.1. The molecule has 0 fully saturated rings. The van der Waals surface area contributed by atoms with E-state index in [1.165, 1.54) is 70.6 Å². The lowest BCUT2D eigenvalue weighted by Crippen LogP contribution is -2.50. The molecule has 0 rings (SSSR count). The second-order valence-corrected chi connectivity index (χ2v) is 17.0. The molecular weight excluding hydrogens is 763 g/mol. The minimum atomic E-state index is -0.890. The molecule has 2 unspecified atom stereocenters. The van der Waals surface area contributed by atoms with E-state index in [1.807, 2.05) is 33.3 Å². The highest BCUT2D eigenvalue weighted by atomic mass is 16.6. The van der Waals surface area contributed by atoms with Gasteiger partial charge in [-0.3, -0.25) is 9.59 Å². The molecule has 8 nitrogen and oxygen atoms in total. The molecule has 0 aliphatic rings. The first kappa shape index (κ1) is 57.5. The Kier molecular flexibility index (Phi) is 40.7. The summed E-state index contributed by atoms with van der Waals surface area (Å²) < 4.78 is 17.2. The third-order valence-corrected chi connectivity index (χ3v) is 10.3. The Hall–Kier alpha value is -3.49. The van der Waals surface area contributed by atoms with Crippen LogP contribution in [0, 0.1) is 0 Å². The summed E-state index contributed by atoms with van der Waals surface area (Å²) >= 11 is 0. The van der Waals surface area contributed by atoms with Crippen LogP contribution in [0.4, 0.5) is 0 Å². The molecule has 0 amide bonds. The van der Waals surface area contributed by atoms with Crippen LogP contribution in [-0.4, -0.2) is 80.6 Å². The van der Waals surface area contributed by atoms with Crippen LogP contribution in [0.15, 0.2) is 85.1 Å². The van der Waals surface area contributed by atoms with Crippen molar-refractivity contribution in [3.63, 3.8) is 0 Å². The SMILES string of the molecule is CC/C=C/C/C=C/C/C=C/C/C=C/C/C=C/C/C=C/CCC(=O)OC(COCCC(C(=O)O)[N+](C)(C)C)COC(=O)CCCCCCC/C=C/CCCCCCCCCCC. The highest BCUT2D eigenvalue weighted by Gasteiger charge is 2.31. The number of allylic oxidation sites excluding steroid dienone is 14. The molecule has 0 aliphatic carbocycles. The van der Waals surface area contributed by atoms with Crippen molar-refractivity contribution >= 4 is 17.9 Å². The van der Waals surface area contributed by atoms with Gasteiger partial charge in [0.1, 0.15) is 6.61 Å². The quantitative estimate of drug-likeness (QED) is 0.0283. The van der Waals surface area contributed by atoms with Crippen molar-refractivity contribution in [1.82, 2.24) is 0 Å². The third kappa shape index (κ3) is 41.6. The Morgan fingerprint density at radius 1 is 0.508 bits per heavy atom. The Labute approximate surface area is 373 Å². The van der Waals surface area contributed by atoms with E-state index in [4.69, 9.17) is 14.2 Å². The second kappa shape index (κ2) is 43.2. The number of carboxylic acid groups (broad SMARTS) is 1. The number of aliphatic carboxylic acids is 1. The van der Waals surface area contributed by atoms with E-state index in [0.29, 0.717) is 19.3 Å².